The lowest BCUT2D eigenvalue weighted by atomic mass is 10.2. The van der Waals surface area contributed by atoms with Crippen LogP contribution in [-0.4, -0.2) is 31.2 Å². The molecule has 28 heavy (non-hydrogen) atoms. The molecule has 1 aromatic heterocycles. The van der Waals surface area contributed by atoms with Crippen LogP contribution in [0.1, 0.15) is 16.1 Å². The summed E-state index contributed by atoms with van der Waals surface area (Å²) in [4.78, 5) is 16.5. The van der Waals surface area contributed by atoms with Crippen molar-refractivity contribution in [3.63, 3.8) is 0 Å². The van der Waals surface area contributed by atoms with Crippen molar-refractivity contribution in [2.24, 2.45) is 0 Å². The zero-order valence-corrected chi connectivity index (χ0v) is 15.9. The van der Waals surface area contributed by atoms with Gasteiger partial charge in [-0.1, -0.05) is 18.2 Å². The van der Waals surface area contributed by atoms with Crippen LogP contribution >= 0.6 is 0 Å². The quantitative estimate of drug-likeness (QED) is 0.582. The molecule has 3 rings (SSSR count). The fourth-order valence-corrected chi connectivity index (χ4v) is 2.60. The van der Waals surface area contributed by atoms with Gasteiger partial charge in [0.25, 0.3) is 5.91 Å². The third-order valence-corrected chi connectivity index (χ3v) is 4.13. The first kappa shape index (κ1) is 19.2. The van der Waals surface area contributed by atoms with Crippen molar-refractivity contribution in [2.75, 3.05) is 25.6 Å². The maximum absolute atomic E-state index is 12.3. The van der Waals surface area contributed by atoms with Crippen LogP contribution in [-0.2, 0) is 0 Å². The molecule has 0 aliphatic carbocycles. The van der Waals surface area contributed by atoms with E-state index in [1.54, 1.807) is 19.4 Å². The van der Waals surface area contributed by atoms with Gasteiger partial charge in [0, 0.05) is 17.6 Å². The lowest BCUT2D eigenvalue weighted by molar-refractivity contribution is 0.0942. The van der Waals surface area contributed by atoms with Crippen LogP contribution in [0.5, 0.6) is 11.5 Å². The molecule has 0 saturated carbocycles. The lowest BCUT2D eigenvalue weighted by Crippen LogP contribution is -2.28. The van der Waals surface area contributed by atoms with Gasteiger partial charge in [0.05, 0.1) is 13.7 Å². The number of carbonyl (C=O) groups is 1. The summed E-state index contributed by atoms with van der Waals surface area (Å²) >= 11 is 0. The highest BCUT2D eigenvalue weighted by Crippen LogP contribution is 2.20. The van der Waals surface area contributed by atoms with Gasteiger partial charge in [-0.3, -0.25) is 9.78 Å². The van der Waals surface area contributed by atoms with Crippen LogP contribution < -0.4 is 20.1 Å². The van der Waals surface area contributed by atoms with Gasteiger partial charge in [0.2, 0.25) is 0 Å². The number of aryl methyl sites for hydroxylation is 1. The first-order chi connectivity index (χ1) is 13.7. The van der Waals surface area contributed by atoms with E-state index in [1.165, 1.54) is 0 Å². The molecule has 1 amide bonds. The zero-order chi connectivity index (χ0) is 19.8. The average Bonchev–Trinajstić information content (AvgIpc) is 2.73. The molecule has 3 aromatic rings. The SMILES string of the molecule is COc1ccc(OCCNC(=O)c2cc(Nc3ccccc3C)ccn2)cc1. The third-order valence-electron chi connectivity index (χ3n) is 4.13. The van der Waals surface area contributed by atoms with Crippen molar-refractivity contribution in [3.05, 3.63) is 78.1 Å². The highest BCUT2D eigenvalue weighted by molar-refractivity contribution is 5.93. The number of methoxy groups -OCH3 is 1. The third kappa shape index (κ3) is 5.23. The summed E-state index contributed by atoms with van der Waals surface area (Å²) in [5.41, 5.74) is 3.28. The minimum absolute atomic E-state index is 0.244. The van der Waals surface area contributed by atoms with Crippen LogP contribution in [0.2, 0.25) is 0 Å². The smallest absolute Gasteiger partial charge is 0.270 e. The number of anilines is 2. The molecule has 0 radical (unpaired) electrons. The molecule has 6 heteroatoms. The van der Waals surface area contributed by atoms with E-state index in [0.717, 1.165) is 28.4 Å². The first-order valence-electron chi connectivity index (χ1n) is 8.99. The molecule has 0 bridgehead atoms. The van der Waals surface area contributed by atoms with Crippen LogP contribution in [0, 0.1) is 6.92 Å². The summed E-state index contributed by atoms with van der Waals surface area (Å²) in [6.07, 6.45) is 1.61. The second kappa shape index (κ2) is 9.41. The Hall–Kier alpha value is -3.54. The van der Waals surface area contributed by atoms with E-state index in [-0.39, 0.29) is 5.91 Å². The molecular formula is C22H23N3O3. The highest BCUT2D eigenvalue weighted by atomic mass is 16.5. The Balaban J connectivity index is 1.50. The maximum atomic E-state index is 12.3. The Bertz CT molecular complexity index is 926. The number of rotatable bonds is 8. The van der Waals surface area contributed by atoms with E-state index in [2.05, 4.69) is 15.6 Å². The number of benzene rings is 2. The monoisotopic (exact) mass is 377 g/mol. The molecule has 0 spiro atoms. The van der Waals surface area contributed by atoms with Crippen molar-refractivity contribution in [1.82, 2.24) is 10.3 Å². The van der Waals surface area contributed by atoms with Gasteiger partial charge in [-0.15, -0.1) is 0 Å². The van der Waals surface area contributed by atoms with Gasteiger partial charge in [-0.25, -0.2) is 0 Å². The topological polar surface area (TPSA) is 72.5 Å². The number of hydrogen-bond acceptors (Lipinski definition) is 5. The lowest BCUT2D eigenvalue weighted by Gasteiger charge is -2.11. The largest absolute Gasteiger partial charge is 0.497 e. The molecule has 0 aliphatic heterocycles. The number of para-hydroxylation sites is 1. The van der Waals surface area contributed by atoms with Gasteiger partial charge in [-0.2, -0.15) is 0 Å². The summed E-state index contributed by atoms with van der Waals surface area (Å²) in [5, 5.41) is 6.13. The van der Waals surface area contributed by atoms with E-state index in [9.17, 15) is 4.79 Å². The van der Waals surface area contributed by atoms with Crippen LogP contribution in [0.4, 0.5) is 11.4 Å². The Kier molecular flexibility index (Phi) is 6.46. The van der Waals surface area contributed by atoms with Crippen LogP contribution in [0.15, 0.2) is 66.9 Å². The number of amides is 1. The van der Waals surface area contributed by atoms with Crippen molar-refractivity contribution in [1.29, 1.82) is 0 Å². The second-order valence-electron chi connectivity index (χ2n) is 6.15. The molecule has 0 aliphatic rings. The van der Waals surface area contributed by atoms with Crippen LogP contribution in [0.25, 0.3) is 0 Å². The van der Waals surface area contributed by atoms with Gasteiger partial charge >= 0.3 is 0 Å². The number of nitrogens with zero attached hydrogens (tertiary/aromatic N) is 1. The summed E-state index contributed by atoms with van der Waals surface area (Å²) in [5.74, 6) is 1.25. The van der Waals surface area contributed by atoms with Crippen molar-refractivity contribution in [2.45, 2.75) is 6.92 Å². The highest BCUT2D eigenvalue weighted by Gasteiger charge is 2.08. The summed E-state index contributed by atoms with van der Waals surface area (Å²) in [6.45, 7) is 2.77. The molecule has 2 aromatic carbocycles. The van der Waals surface area contributed by atoms with Gasteiger partial charge < -0.3 is 20.1 Å². The summed E-state index contributed by atoms with van der Waals surface area (Å²) in [7, 11) is 1.62. The first-order valence-corrected chi connectivity index (χ1v) is 8.99. The predicted molar refractivity (Wildman–Crippen MR) is 110 cm³/mol. The fourth-order valence-electron chi connectivity index (χ4n) is 2.60. The van der Waals surface area contributed by atoms with Gasteiger partial charge in [0.1, 0.15) is 23.8 Å². The molecule has 0 fully saturated rings. The van der Waals surface area contributed by atoms with E-state index in [4.69, 9.17) is 9.47 Å². The molecule has 0 atom stereocenters. The number of aromatic nitrogens is 1. The van der Waals surface area contributed by atoms with Crippen LogP contribution in [0.3, 0.4) is 0 Å². The number of ether oxygens (including phenoxy) is 2. The second-order valence-corrected chi connectivity index (χ2v) is 6.15. The number of carbonyl (C=O) groups excluding carboxylic acids is 1. The van der Waals surface area contributed by atoms with Gasteiger partial charge in [0.15, 0.2) is 0 Å². The molecular weight excluding hydrogens is 354 g/mol. The summed E-state index contributed by atoms with van der Waals surface area (Å²) < 4.78 is 10.7. The van der Waals surface area contributed by atoms with E-state index < -0.39 is 0 Å². The molecule has 6 nitrogen and oxygen atoms in total. The van der Waals surface area contributed by atoms with Crippen molar-refractivity contribution < 1.29 is 14.3 Å². The van der Waals surface area contributed by atoms with E-state index >= 15 is 0 Å². The predicted octanol–water partition coefficient (Wildman–Crippen LogP) is 3.95. The molecule has 2 N–H and O–H groups in total. The summed E-state index contributed by atoms with van der Waals surface area (Å²) in [6, 6.07) is 18.8. The molecule has 0 unspecified atom stereocenters. The van der Waals surface area contributed by atoms with Crippen molar-refractivity contribution in [3.8, 4) is 11.5 Å². The minimum Gasteiger partial charge on any atom is -0.497 e. The number of nitrogens with one attached hydrogen (secondary N) is 2. The average molecular weight is 377 g/mol. The number of pyridine rings is 1. The molecule has 0 saturated heterocycles. The molecule has 144 valence electrons. The minimum atomic E-state index is -0.244. The van der Waals surface area contributed by atoms with E-state index in [0.29, 0.717) is 18.8 Å². The molecule has 1 heterocycles. The Morgan fingerprint density at radius 3 is 2.54 bits per heavy atom. The zero-order valence-electron chi connectivity index (χ0n) is 15.9. The fraction of sp³-hybridized carbons (Fsp3) is 0.182. The normalized spacial score (nSPS) is 10.2. The standard InChI is InChI=1S/C22H23N3O3/c1-16-5-3-4-6-20(16)25-17-11-12-23-21(15-17)22(26)24-13-14-28-19-9-7-18(27-2)8-10-19/h3-12,15H,13-14H2,1-2H3,(H,23,25)(H,24,26). The Morgan fingerprint density at radius 2 is 1.79 bits per heavy atom. The maximum Gasteiger partial charge on any atom is 0.270 e. The van der Waals surface area contributed by atoms with Gasteiger partial charge in [-0.05, 0) is 55.0 Å². The Labute approximate surface area is 164 Å². The van der Waals surface area contributed by atoms with E-state index in [1.807, 2.05) is 61.5 Å². The number of hydrogen-bond donors (Lipinski definition) is 2. The Morgan fingerprint density at radius 1 is 1.04 bits per heavy atom. The van der Waals surface area contributed by atoms with Crippen molar-refractivity contribution >= 4 is 17.3 Å².